The topological polar surface area (TPSA) is 65.4 Å². The van der Waals surface area contributed by atoms with E-state index in [0.29, 0.717) is 31.3 Å². The van der Waals surface area contributed by atoms with Gasteiger partial charge in [-0.3, -0.25) is 4.79 Å². The molecule has 1 amide bonds. The van der Waals surface area contributed by atoms with E-state index in [-0.39, 0.29) is 5.91 Å². The van der Waals surface area contributed by atoms with E-state index in [1.807, 2.05) is 0 Å². The normalized spacial score (nSPS) is 14.1. The quantitative estimate of drug-likeness (QED) is 0.735. The molecule has 0 atom stereocenters. The third-order valence-electron chi connectivity index (χ3n) is 2.33. The van der Waals surface area contributed by atoms with E-state index in [2.05, 4.69) is 10.4 Å². The highest BCUT2D eigenvalue weighted by molar-refractivity contribution is 5.92. The van der Waals surface area contributed by atoms with Gasteiger partial charge in [-0.05, 0) is 0 Å². The smallest absolute Gasteiger partial charge is 0.272 e. The van der Waals surface area contributed by atoms with E-state index in [9.17, 15) is 4.79 Å². The Hall–Kier alpha value is -1.56. The fraction of sp³-hybridized carbons (Fsp3) is 0.600. The second-order valence-corrected chi connectivity index (χ2v) is 3.54. The van der Waals surface area contributed by atoms with E-state index < -0.39 is 0 Å². The SMILES string of the molecule is COCCNC(=O)c1cc2n(n1)CCCO2. The van der Waals surface area contributed by atoms with Crippen molar-refractivity contribution < 1.29 is 14.3 Å². The van der Waals surface area contributed by atoms with Gasteiger partial charge in [0.2, 0.25) is 5.88 Å². The highest BCUT2D eigenvalue weighted by Gasteiger charge is 2.17. The van der Waals surface area contributed by atoms with Gasteiger partial charge in [-0.25, -0.2) is 4.68 Å². The minimum Gasteiger partial charge on any atom is -0.478 e. The lowest BCUT2D eigenvalue weighted by atomic mass is 10.4. The fourth-order valence-electron chi connectivity index (χ4n) is 1.54. The maximum Gasteiger partial charge on any atom is 0.272 e. The summed E-state index contributed by atoms with van der Waals surface area (Å²) in [7, 11) is 1.59. The molecule has 0 saturated heterocycles. The van der Waals surface area contributed by atoms with E-state index in [1.165, 1.54) is 0 Å². The standard InChI is InChI=1S/C10H15N3O3/c1-15-6-3-11-10(14)8-7-9-13(12-8)4-2-5-16-9/h7H,2-6H2,1H3,(H,11,14). The van der Waals surface area contributed by atoms with Crippen LogP contribution in [-0.4, -0.2) is 42.6 Å². The Morgan fingerprint density at radius 3 is 3.38 bits per heavy atom. The second-order valence-electron chi connectivity index (χ2n) is 3.54. The number of carbonyl (C=O) groups excluding carboxylic acids is 1. The highest BCUT2D eigenvalue weighted by atomic mass is 16.5. The molecule has 1 aliphatic heterocycles. The Kier molecular flexibility index (Phi) is 3.40. The number of hydrogen-bond donors (Lipinski definition) is 1. The number of nitrogens with one attached hydrogen (secondary N) is 1. The van der Waals surface area contributed by atoms with Gasteiger partial charge < -0.3 is 14.8 Å². The van der Waals surface area contributed by atoms with Gasteiger partial charge >= 0.3 is 0 Å². The Labute approximate surface area is 93.5 Å². The molecule has 1 aromatic heterocycles. The minimum absolute atomic E-state index is 0.192. The molecule has 0 aromatic carbocycles. The van der Waals surface area contributed by atoms with E-state index >= 15 is 0 Å². The number of fused-ring (bicyclic) bond motifs is 1. The molecule has 0 unspecified atom stereocenters. The zero-order valence-electron chi connectivity index (χ0n) is 9.23. The Bertz CT molecular complexity index is 352. The summed E-state index contributed by atoms with van der Waals surface area (Å²) in [5.74, 6) is 0.477. The molecule has 2 rings (SSSR count). The monoisotopic (exact) mass is 225 g/mol. The number of nitrogens with zero attached hydrogens (tertiary/aromatic N) is 2. The molecule has 0 saturated carbocycles. The van der Waals surface area contributed by atoms with Crippen LogP contribution in [-0.2, 0) is 11.3 Å². The van der Waals surface area contributed by atoms with E-state index in [1.54, 1.807) is 17.9 Å². The summed E-state index contributed by atoms with van der Waals surface area (Å²) in [4.78, 5) is 11.6. The number of aryl methyl sites for hydroxylation is 1. The van der Waals surface area contributed by atoms with Crippen molar-refractivity contribution in [1.82, 2.24) is 15.1 Å². The molecule has 0 fully saturated rings. The molecular formula is C10H15N3O3. The number of methoxy groups -OCH3 is 1. The zero-order valence-corrected chi connectivity index (χ0v) is 9.23. The molecule has 0 radical (unpaired) electrons. The van der Waals surface area contributed by atoms with Crippen molar-refractivity contribution >= 4 is 5.91 Å². The van der Waals surface area contributed by atoms with Crippen LogP contribution in [0.3, 0.4) is 0 Å². The van der Waals surface area contributed by atoms with Crippen molar-refractivity contribution in [1.29, 1.82) is 0 Å². The van der Waals surface area contributed by atoms with Crippen LogP contribution in [0, 0.1) is 0 Å². The molecule has 2 heterocycles. The summed E-state index contributed by atoms with van der Waals surface area (Å²) in [6, 6.07) is 1.67. The first-order chi connectivity index (χ1) is 7.81. The third kappa shape index (κ3) is 2.33. The van der Waals surface area contributed by atoms with Crippen molar-refractivity contribution in [2.24, 2.45) is 0 Å². The van der Waals surface area contributed by atoms with Crippen LogP contribution in [0.4, 0.5) is 0 Å². The van der Waals surface area contributed by atoms with Gasteiger partial charge in [-0.2, -0.15) is 5.10 Å². The maximum absolute atomic E-state index is 11.6. The summed E-state index contributed by atoms with van der Waals surface area (Å²) >= 11 is 0. The largest absolute Gasteiger partial charge is 0.478 e. The van der Waals surface area contributed by atoms with Gasteiger partial charge in [0.05, 0.1) is 13.2 Å². The Morgan fingerprint density at radius 1 is 1.75 bits per heavy atom. The highest BCUT2D eigenvalue weighted by Crippen LogP contribution is 2.17. The molecule has 0 spiro atoms. The summed E-state index contributed by atoms with van der Waals surface area (Å²) in [6.45, 7) is 2.48. The molecule has 6 nitrogen and oxygen atoms in total. The number of rotatable bonds is 4. The van der Waals surface area contributed by atoms with Crippen molar-refractivity contribution in [3.05, 3.63) is 11.8 Å². The molecule has 1 N–H and O–H groups in total. The molecule has 1 aromatic rings. The number of ether oxygens (including phenoxy) is 2. The molecule has 0 aliphatic carbocycles. The lowest BCUT2D eigenvalue weighted by molar-refractivity contribution is 0.0931. The molecule has 16 heavy (non-hydrogen) atoms. The van der Waals surface area contributed by atoms with Crippen LogP contribution in [0.1, 0.15) is 16.9 Å². The number of aromatic nitrogens is 2. The van der Waals surface area contributed by atoms with Crippen LogP contribution in [0.2, 0.25) is 0 Å². The maximum atomic E-state index is 11.6. The predicted molar refractivity (Wildman–Crippen MR) is 56.5 cm³/mol. The average molecular weight is 225 g/mol. The lowest BCUT2D eigenvalue weighted by Gasteiger charge is -2.13. The van der Waals surface area contributed by atoms with Crippen LogP contribution in [0.25, 0.3) is 0 Å². The van der Waals surface area contributed by atoms with Gasteiger partial charge in [-0.1, -0.05) is 0 Å². The van der Waals surface area contributed by atoms with E-state index in [4.69, 9.17) is 9.47 Å². The zero-order chi connectivity index (χ0) is 11.4. The van der Waals surface area contributed by atoms with Crippen LogP contribution in [0.5, 0.6) is 5.88 Å². The summed E-state index contributed by atoms with van der Waals surface area (Å²) in [5.41, 5.74) is 0.396. The lowest BCUT2D eigenvalue weighted by Crippen LogP contribution is -2.27. The molecule has 88 valence electrons. The predicted octanol–water partition coefficient (Wildman–Crippen LogP) is 0.0418. The Balaban J connectivity index is 1.98. The van der Waals surface area contributed by atoms with Gasteiger partial charge in [0.1, 0.15) is 0 Å². The van der Waals surface area contributed by atoms with Gasteiger partial charge in [0.25, 0.3) is 5.91 Å². The molecule has 6 heteroatoms. The summed E-state index contributed by atoms with van der Waals surface area (Å²) in [6.07, 6.45) is 0.930. The molecular weight excluding hydrogens is 210 g/mol. The average Bonchev–Trinajstić information content (AvgIpc) is 2.73. The number of amides is 1. The van der Waals surface area contributed by atoms with Crippen molar-refractivity contribution in [3.63, 3.8) is 0 Å². The first-order valence-electron chi connectivity index (χ1n) is 5.29. The number of carbonyl (C=O) groups is 1. The minimum atomic E-state index is -0.192. The van der Waals surface area contributed by atoms with E-state index in [0.717, 1.165) is 13.0 Å². The van der Waals surface area contributed by atoms with Crippen molar-refractivity contribution in [3.8, 4) is 5.88 Å². The van der Waals surface area contributed by atoms with Crippen LogP contribution >= 0.6 is 0 Å². The number of hydrogen-bond acceptors (Lipinski definition) is 4. The van der Waals surface area contributed by atoms with Crippen LogP contribution in [0.15, 0.2) is 6.07 Å². The van der Waals surface area contributed by atoms with Crippen LogP contribution < -0.4 is 10.1 Å². The first-order valence-corrected chi connectivity index (χ1v) is 5.29. The first kappa shape index (κ1) is 10.9. The molecule has 1 aliphatic rings. The Morgan fingerprint density at radius 2 is 2.62 bits per heavy atom. The van der Waals surface area contributed by atoms with Gasteiger partial charge in [0.15, 0.2) is 5.69 Å². The fourth-order valence-corrected chi connectivity index (χ4v) is 1.54. The van der Waals surface area contributed by atoms with Gasteiger partial charge in [-0.15, -0.1) is 0 Å². The van der Waals surface area contributed by atoms with Crippen molar-refractivity contribution in [2.45, 2.75) is 13.0 Å². The summed E-state index contributed by atoms with van der Waals surface area (Å²) < 4.78 is 11.9. The second kappa shape index (κ2) is 4.98. The van der Waals surface area contributed by atoms with Gasteiger partial charge in [0, 0.05) is 32.7 Å². The summed E-state index contributed by atoms with van der Waals surface area (Å²) in [5, 5.41) is 6.88. The third-order valence-corrected chi connectivity index (χ3v) is 2.33. The van der Waals surface area contributed by atoms with Crippen molar-refractivity contribution in [2.75, 3.05) is 26.9 Å². The molecule has 0 bridgehead atoms.